The SMILES string of the molecule is Cc1csc(SCC(=O)N[C@@H](C)[C@H]2C[C@H]3CC[C@H]2C3)n1. The fourth-order valence-electron chi connectivity index (χ4n) is 3.83. The Kier molecular flexibility index (Phi) is 4.36. The number of hydrogen-bond donors (Lipinski definition) is 1. The molecule has 110 valence electrons. The van der Waals surface area contributed by atoms with Gasteiger partial charge in [-0.25, -0.2) is 4.98 Å². The quantitative estimate of drug-likeness (QED) is 0.847. The first-order chi connectivity index (χ1) is 9.61. The van der Waals surface area contributed by atoms with E-state index in [9.17, 15) is 4.79 Å². The molecular weight excluding hydrogens is 288 g/mol. The minimum Gasteiger partial charge on any atom is -0.353 e. The minimum absolute atomic E-state index is 0.151. The van der Waals surface area contributed by atoms with E-state index in [0.29, 0.717) is 17.7 Å². The van der Waals surface area contributed by atoms with Crippen molar-refractivity contribution in [1.82, 2.24) is 10.3 Å². The maximum Gasteiger partial charge on any atom is 0.230 e. The third-order valence-electron chi connectivity index (χ3n) is 4.75. The Labute approximate surface area is 128 Å². The van der Waals surface area contributed by atoms with E-state index in [2.05, 4.69) is 17.2 Å². The summed E-state index contributed by atoms with van der Waals surface area (Å²) in [5, 5.41) is 5.23. The molecule has 1 amide bonds. The van der Waals surface area contributed by atoms with Crippen LogP contribution in [0.3, 0.4) is 0 Å². The van der Waals surface area contributed by atoms with Crippen molar-refractivity contribution in [3.05, 3.63) is 11.1 Å². The number of aryl methyl sites for hydroxylation is 1. The van der Waals surface area contributed by atoms with Gasteiger partial charge in [0.1, 0.15) is 0 Å². The topological polar surface area (TPSA) is 42.0 Å². The molecule has 0 spiro atoms. The van der Waals surface area contributed by atoms with Crippen molar-refractivity contribution >= 4 is 29.0 Å². The molecule has 2 saturated carbocycles. The van der Waals surface area contributed by atoms with Crippen LogP contribution in [0.2, 0.25) is 0 Å². The maximum absolute atomic E-state index is 12.0. The summed E-state index contributed by atoms with van der Waals surface area (Å²) in [6.07, 6.45) is 5.52. The van der Waals surface area contributed by atoms with Crippen LogP contribution in [-0.4, -0.2) is 22.7 Å². The molecule has 3 rings (SSSR count). The van der Waals surface area contributed by atoms with Crippen molar-refractivity contribution in [3.8, 4) is 0 Å². The highest BCUT2D eigenvalue weighted by Gasteiger charge is 2.42. The first-order valence-electron chi connectivity index (χ1n) is 7.46. The van der Waals surface area contributed by atoms with E-state index in [1.807, 2.05) is 12.3 Å². The summed E-state index contributed by atoms with van der Waals surface area (Å²) in [5.74, 6) is 3.16. The van der Waals surface area contributed by atoms with E-state index >= 15 is 0 Å². The van der Waals surface area contributed by atoms with Gasteiger partial charge in [0.2, 0.25) is 5.91 Å². The van der Waals surface area contributed by atoms with Crippen molar-refractivity contribution in [2.24, 2.45) is 17.8 Å². The molecule has 1 N–H and O–H groups in total. The highest BCUT2D eigenvalue weighted by atomic mass is 32.2. The van der Waals surface area contributed by atoms with E-state index in [0.717, 1.165) is 21.9 Å². The normalized spacial score (nSPS) is 29.6. The number of nitrogens with one attached hydrogen (secondary N) is 1. The molecule has 0 unspecified atom stereocenters. The number of fused-ring (bicyclic) bond motifs is 2. The monoisotopic (exact) mass is 310 g/mol. The zero-order chi connectivity index (χ0) is 14.1. The van der Waals surface area contributed by atoms with Gasteiger partial charge in [-0.2, -0.15) is 0 Å². The lowest BCUT2D eigenvalue weighted by atomic mass is 9.84. The predicted octanol–water partition coefficient (Wildman–Crippen LogP) is 3.48. The third kappa shape index (κ3) is 3.19. The molecule has 1 heterocycles. The molecule has 0 saturated heterocycles. The minimum atomic E-state index is 0.151. The molecule has 1 aromatic rings. The Balaban J connectivity index is 1.44. The van der Waals surface area contributed by atoms with E-state index < -0.39 is 0 Å². The number of hydrogen-bond acceptors (Lipinski definition) is 4. The molecule has 0 radical (unpaired) electrons. The van der Waals surface area contributed by atoms with Gasteiger partial charge in [0.15, 0.2) is 4.34 Å². The lowest BCUT2D eigenvalue weighted by Crippen LogP contribution is -2.40. The number of carbonyl (C=O) groups excluding carboxylic acids is 1. The molecule has 2 bridgehead atoms. The molecule has 20 heavy (non-hydrogen) atoms. The zero-order valence-corrected chi connectivity index (χ0v) is 13.7. The van der Waals surface area contributed by atoms with Gasteiger partial charge in [-0.05, 0) is 50.9 Å². The Bertz CT molecular complexity index is 488. The molecule has 4 atom stereocenters. The summed E-state index contributed by atoms with van der Waals surface area (Å²) < 4.78 is 0.991. The Morgan fingerprint density at radius 3 is 3.00 bits per heavy atom. The van der Waals surface area contributed by atoms with Crippen LogP contribution in [0.15, 0.2) is 9.72 Å². The largest absolute Gasteiger partial charge is 0.353 e. The molecule has 0 aromatic carbocycles. The molecular formula is C15H22N2OS2. The summed E-state index contributed by atoms with van der Waals surface area (Å²) in [5.41, 5.74) is 1.04. The standard InChI is InChI=1S/C15H22N2OS2/c1-9-7-19-15(16-9)20-8-14(18)17-10(2)13-6-11-3-4-12(13)5-11/h7,10-13H,3-6,8H2,1-2H3,(H,17,18)/t10-,11-,12-,13+/m0/s1. The summed E-state index contributed by atoms with van der Waals surface area (Å²) in [4.78, 5) is 16.4. The van der Waals surface area contributed by atoms with Crippen molar-refractivity contribution in [2.45, 2.75) is 49.9 Å². The molecule has 2 aliphatic rings. The van der Waals surface area contributed by atoms with Gasteiger partial charge in [0.25, 0.3) is 0 Å². The van der Waals surface area contributed by atoms with Crippen LogP contribution < -0.4 is 5.32 Å². The number of carbonyl (C=O) groups is 1. The molecule has 1 aromatic heterocycles. The lowest BCUT2D eigenvalue weighted by molar-refractivity contribution is -0.119. The fourth-order valence-corrected chi connectivity index (χ4v) is 5.50. The fraction of sp³-hybridized carbons (Fsp3) is 0.733. The second kappa shape index (κ2) is 6.06. The van der Waals surface area contributed by atoms with Crippen LogP contribution in [-0.2, 0) is 4.79 Å². The Morgan fingerprint density at radius 1 is 1.55 bits per heavy atom. The summed E-state index contributed by atoms with van der Waals surface area (Å²) in [6, 6.07) is 0.330. The highest BCUT2D eigenvalue weighted by molar-refractivity contribution is 8.01. The van der Waals surface area contributed by atoms with E-state index in [1.165, 1.54) is 25.7 Å². The van der Waals surface area contributed by atoms with Gasteiger partial charge >= 0.3 is 0 Å². The lowest BCUT2D eigenvalue weighted by Gasteiger charge is -2.28. The average molecular weight is 310 g/mol. The third-order valence-corrected chi connectivity index (χ3v) is 6.89. The zero-order valence-electron chi connectivity index (χ0n) is 12.1. The van der Waals surface area contributed by atoms with Crippen molar-refractivity contribution < 1.29 is 4.79 Å². The summed E-state index contributed by atoms with van der Waals surface area (Å²) in [7, 11) is 0. The van der Waals surface area contributed by atoms with Crippen molar-refractivity contribution in [3.63, 3.8) is 0 Å². The van der Waals surface area contributed by atoms with E-state index in [-0.39, 0.29) is 5.91 Å². The molecule has 0 aliphatic heterocycles. The number of rotatable bonds is 5. The molecule has 5 heteroatoms. The number of thiazole rings is 1. The predicted molar refractivity (Wildman–Crippen MR) is 84.1 cm³/mol. The van der Waals surface area contributed by atoms with Crippen LogP contribution in [0.4, 0.5) is 0 Å². The number of aromatic nitrogens is 1. The average Bonchev–Trinajstić information content (AvgIpc) is 3.12. The number of amides is 1. The van der Waals surface area contributed by atoms with E-state index in [4.69, 9.17) is 0 Å². The molecule has 2 aliphatic carbocycles. The van der Waals surface area contributed by atoms with Gasteiger partial charge in [-0.1, -0.05) is 18.2 Å². The van der Waals surface area contributed by atoms with Crippen LogP contribution in [0.25, 0.3) is 0 Å². The summed E-state index contributed by atoms with van der Waals surface area (Å²) in [6.45, 7) is 4.17. The molecule has 3 nitrogen and oxygen atoms in total. The smallest absolute Gasteiger partial charge is 0.230 e. The summed E-state index contributed by atoms with van der Waals surface area (Å²) >= 11 is 3.16. The van der Waals surface area contributed by atoms with Crippen molar-refractivity contribution in [1.29, 1.82) is 0 Å². The highest BCUT2D eigenvalue weighted by Crippen LogP contribution is 2.49. The van der Waals surface area contributed by atoms with Crippen LogP contribution >= 0.6 is 23.1 Å². The van der Waals surface area contributed by atoms with E-state index in [1.54, 1.807) is 23.1 Å². The number of nitrogens with zero attached hydrogens (tertiary/aromatic N) is 1. The second-order valence-corrected chi connectivity index (χ2v) is 8.32. The van der Waals surface area contributed by atoms with Gasteiger partial charge < -0.3 is 5.32 Å². The van der Waals surface area contributed by atoms with Crippen LogP contribution in [0.5, 0.6) is 0 Å². The first kappa shape index (κ1) is 14.4. The van der Waals surface area contributed by atoms with Gasteiger partial charge in [0, 0.05) is 17.1 Å². The van der Waals surface area contributed by atoms with Gasteiger partial charge in [0.05, 0.1) is 5.75 Å². The Morgan fingerprint density at radius 2 is 2.40 bits per heavy atom. The van der Waals surface area contributed by atoms with Crippen LogP contribution in [0.1, 0.15) is 38.3 Å². The maximum atomic E-state index is 12.0. The van der Waals surface area contributed by atoms with Crippen LogP contribution in [0, 0.1) is 24.7 Å². The van der Waals surface area contributed by atoms with Crippen molar-refractivity contribution in [2.75, 3.05) is 5.75 Å². The Hall–Kier alpha value is -0.550. The molecule has 2 fully saturated rings. The van der Waals surface area contributed by atoms with Gasteiger partial charge in [-0.3, -0.25) is 4.79 Å². The van der Waals surface area contributed by atoms with Gasteiger partial charge in [-0.15, -0.1) is 11.3 Å². The number of thioether (sulfide) groups is 1. The second-order valence-electron chi connectivity index (χ2n) is 6.24. The first-order valence-corrected chi connectivity index (χ1v) is 9.32.